The first-order valence-corrected chi connectivity index (χ1v) is 4.41. The van der Waals surface area contributed by atoms with Gasteiger partial charge in [0.05, 0.1) is 5.52 Å². The van der Waals surface area contributed by atoms with Crippen molar-refractivity contribution in [3.05, 3.63) is 36.5 Å². The van der Waals surface area contributed by atoms with Gasteiger partial charge in [0.1, 0.15) is 0 Å². The van der Waals surface area contributed by atoms with Gasteiger partial charge in [-0.2, -0.15) is 0 Å². The maximum Gasteiger partial charge on any atom is 0.157 e. The van der Waals surface area contributed by atoms with Gasteiger partial charge >= 0.3 is 0 Å². The lowest BCUT2D eigenvalue weighted by atomic mass is 10.3. The Morgan fingerprint density at radius 3 is 2.85 bits per heavy atom. The molecule has 3 heteroatoms. The van der Waals surface area contributed by atoms with E-state index in [1.165, 1.54) is 5.39 Å². The highest BCUT2D eigenvalue weighted by Gasteiger charge is 2.01. The molecule has 0 atom stereocenters. The van der Waals surface area contributed by atoms with Crippen LogP contribution in [-0.2, 0) is 0 Å². The van der Waals surface area contributed by atoms with Gasteiger partial charge in [-0.1, -0.05) is 30.4 Å². The molecule has 0 saturated carbocycles. The highest BCUT2D eigenvalue weighted by atomic mass is 32.1. The third-order valence-electron chi connectivity index (χ3n) is 2.03. The second-order valence-electron chi connectivity index (χ2n) is 2.83. The van der Waals surface area contributed by atoms with E-state index in [0.29, 0.717) is 0 Å². The number of fused-ring (bicyclic) bond motifs is 1. The molecule has 0 bridgehead atoms. The van der Waals surface area contributed by atoms with Crippen LogP contribution in [0.1, 0.15) is 0 Å². The Morgan fingerprint density at radius 1 is 1.31 bits per heavy atom. The van der Waals surface area contributed by atoms with Crippen molar-refractivity contribution in [1.29, 1.82) is 0 Å². The molecular formula is C10H9N2S. The van der Waals surface area contributed by atoms with Gasteiger partial charge in [-0.15, -0.1) is 0 Å². The lowest BCUT2D eigenvalue weighted by Crippen LogP contribution is -2.26. The van der Waals surface area contributed by atoms with Crippen molar-refractivity contribution in [1.82, 2.24) is 4.68 Å². The summed E-state index contributed by atoms with van der Waals surface area (Å²) in [7, 11) is 1.87. The molecule has 0 fully saturated rings. The Balaban J connectivity index is 2.64. The molecule has 1 radical (unpaired) electrons. The molecule has 2 nitrogen and oxygen atoms in total. The maximum atomic E-state index is 4.74. The molecule has 0 spiro atoms. The second kappa shape index (κ2) is 3.18. The fraction of sp³-hybridized carbons (Fsp3) is 0.100. The third kappa shape index (κ3) is 1.31. The van der Waals surface area contributed by atoms with Crippen molar-refractivity contribution < 1.29 is 0 Å². The van der Waals surface area contributed by atoms with E-state index in [1.807, 2.05) is 30.1 Å². The molecule has 1 heterocycles. The zero-order chi connectivity index (χ0) is 9.26. The zero-order valence-corrected chi connectivity index (χ0v) is 8.08. The molecular weight excluding hydrogens is 180 g/mol. The quantitative estimate of drug-likeness (QED) is 0.527. The first-order chi connectivity index (χ1) is 6.33. The summed E-state index contributed by atoms with van der Waals surface area (Å²) in [5, 5.41) is 2.96. The van der Waals surface area contributed by atoms with Crippen LogP contribution in [0, 0.1) is 0 Å². The van der Waals surface area contributed by atoms with Crippen LogP contribution in [0.5, 0.6) is 0 Å². The molecule has 0 aliphatic rings. The van der Waals surface area contributed by atoms with E-state index in [-0.39, 0.29) is 0 Å². The van der Waals surface area contributed by atoms with Crippen molar-refractivity contribution in [2.75, 3.05) is 12.1 Å². The van der Waals surface area contributed by atoms with Crippen LogP contribution < -0.4 is 5.01 Å². The number of thiocarbonyl (C=S) groups is 1. The number of para-hydroxylation sites is 1. The van der Waals surface area contributed by atoms with Gasteiger partial charge in [-0.25, -0.2) is 0 Å². The molecule has 65 valence electrons. The third-order valence-corrected chi connectivity index (χ3v) is 2.30. The molecule has 2 aromatic rings. The summed E-state index contributed by atoms with van der Waals surface area (Å²) in [6.07, 6.45) is 1.98. The van der Waals surface area contributed by atoms with Crippen molar-refractivity contribution in [2.45, 2.75) is 0 Å². The molecule has 0 aliphatic heterocycles. The van der Waals surface area contributed by atoms with Gasteiger partial charge in [0.25, 0.3) is 0 Å². The van der Waals surface area contributed by atoms with Gasteiger partial charge in [-0.3, -0.25) is 9.69 Å². The van der Waals surface area contributed by atoms with Crippen LogP contribution >= 0.6 is 12.2 Å². The summed E-state index contributed by atoms with van der Waals surface area (Å²) in [5.74, 6) is 0. The Bertz CT molecular complexity index is 433. The smallest absolute Gasteiger partial charge is 0.157 e. The van der Waals surface area contributed by atoms with Crippen LogP contribution in [0.3, 0.4) is 0 Å². The maximum absolute atomic E-state index is 4.74. The van der Waals surface area contributed by atoms with E-state index < -0.39 is 0 Å². The van der Waals surface area contributed by atoms with E-state index in [1.54, 1.807) is 5.01 Å². The van der Waals surface area contributed by atoms with E-state index in [4.69, 9.17) is 12.2 Å². The lowest BCUT2D eigenvalue weighted by molar-refractivity contribution is 0.854. The van der Waals surface area contributed by atoms with E-state index in [9.17, 15) is 0 Å². The van der Waals surface area contributed by atoms with Crippen LogP contribution in [0.4, 0.5) is 0 Å². The molecule has 0 aliphatic carbocycles. The predicted molar refractivity (Wildman–Crippen MR) is 58.7 cm³/mol. The molecule has 13 heavy (non-hydrogen) atoms. The predicted octanol–water partition coefficient (Wildman–Crippen LogP) is 2.04. The number of rotatable bonds is 2. The summed E-state index contributed by atoms with van der Waals surface area (Å²) in [5.41, 5.74) is 3.78. The lowest BCUT2D eigenvalue weighted by Gasteiger charge is -2.14. The first-order valence-electron chi connectivity index (χ1n) is 4.01. The summed E-state index contributed by atoms with van der Waals surface area (Å²) in [4.78, 5) is 0. The molecule has 0 N–H and O–H groups in total. The number of hydrogen-bond donors (Lipinski definition) is 0. The first kappa shape index (κ1) is 8.26. The van der Waals surface area contributed by atoms with Crippen LogP contribution in [0.2, 0.25) is 0 Å². The number of hydrogen-bond acceptors (Lipinski definition) is 1. The van der Waals surface area contributed by atoms with Crippen molar-refractivity contribution >= 4 is 28.6 Å². The van der Waals surface area contributed by atoms with Crippen LogP contribution in [0.25, 0.3) is 10.9 Å². The Labute approximate surface area is 82.4 Å². The Hall–Kier alpha value is -1.35. The minimum absolute atomic E-state index is 1.14. The summed E-state index contributed by atoms with van der Waals surface area (Å²) >= 11 is 4.74. The standard InChI is InChI=1S/C10H9N2S/c1-11(8-13)12-7-6-9-4-2-3-5-10(9)12/h2-7H,1H3. The topological polar surface area (TPSA) is 8.17 Å². The van der Waals surface area contributed by atoms with E-state index >= 15 is 0 Å². The SMILES string of the molecule is CN([C]=S)n1ccc2ccccc21. The molecule has 0 amide bonds. The molecule has 2 rings (SSSR count). The highest BCUT2D eigenvalue weighted by Crippen LogP contribution is 2.14. The van der Waals surface area contributed by atoms with Crippen molar-refractivity contribution in [3.8, 4) is 0 Å². The van der Waals surface area contributed by atoms with Gasteiger partial charge in [-0.05, 0) is 12.1 Å². The van der Waals surface area contributed by atoms with E-state index in [0.717, 1.165) is 5.52 Å². The Kier molecular flexibility index (Phi) is 2.02. The summed E-state index contributed by atoms with van der Waals surface area (Å²) in [6, 6.07) is 10.2. The average molecular weight is 189 g/mol. The molecule has 1 aromatic carbocycles. The summed E-state index contributed by atoms with van der Waals surface area (Å²) in [6.45, 7) is 0. The van der Waals surface area contributed by atoms with Gasteiger partial charge in [0, 0.05) is 18.6 Å². The minimum Gasteiger partial charge on any atom is -0.271 e. The number of nitrogens with zero attached hydrogens (tertiary/aromatic N) is 2. The minimum atomic E-state index is 1.14. The highest BCUT2D eigenvalue weighted by molar-refractivity contribution is 7.79. The normalized spacial score (nSPS) is 10.2. The second-order valence-corrected chi connectivity index (χ2v) is 3.02. The number of benzene rings is 1. The van der Waals surface area contributed by atoms with Crippen molar-refractivity contribution in [3.63, 3.8) is 0 Å². The zero-order valence-electron chi connectivity index (χ0n) is 7.27. The van der Waals surface area contributed by atoms with Gasteiger partial charge in [0.2, 0.25) is 0 Å². The fourth-order valence-corrected chi connectivity index (χ4v) is 1.46. The van der Waals surface area contributed by atoms with Crippen molar-refractivity contribution in [2.24, 2.45) is 0 Å². The van der Waals surface area contributed by atoms with Gasteiger partial charge in [0.15, 0.2) is 5.49 Å². The monoisotopic (exact) mass is 189 g/mol. The van der Waals surface area contributed by atoms with Crippen LogP contribution in [-0.4, -0.2) is 17.2 Å². The Morgan fingerprint density at radius 2 is 2.08 bits per heavy atom. The van der Waals surface area contributed by atoms with Crippen LogP contribution in [0.15, 0.2) is 36.5 Å². The fourth-order valence-electron chi connectivity index (χ4n) is 1.37. The largest absolute Gasteiger partial charge is 0.271 e. The summed E-state index contributed by atoms with van der Waals surface area (Å²) < 4.78 is 1.96. The molecule has 1 aromatic heterocycles. The molecule has 0 saturated heterocycles. The molecule has 0 unspecified atom stereocenters. The average Bonchev–Trinajstić information content (AvgIpc) is 2.60. The number of aromatic nitrogens is 1. The van der Waals surface area contributed by atoms with E-state index in [2.05, 4.69) is 23.7 Å². The van der Waals surface area contributed by atoms with Gasteiger partial charge < -0.3 is 0 Å².